The minimum absolute atomic E-state index is 0.354. The van der Waals surface area contributed by atoms with Gasteiger partial charge in [-0.05, 0) is 38.5 Å². The molecule has 2 aliphatic heterocycles. The molecule has 4 nitrogen and oxygen atoms in total. The smallest absolute Gasteiger partial charge is 0.140 e. The Hall–Kier alpha value is -1.16. The molecule has 2 aliphatic rings. The van der Waals surface area contributed by atoms with E-state index in [1.807, 2.05) is 6.20 Å². The summed E-state index contributed by atoms with van der Waals surface area (Å²) in [4.78, 5) is 16.5. The summed E-state index contributed by atoms with van der Waals surface area (Å²) in [5.74, 6) is 1.87. The van der Waals surface area contributed by atoms with Crippen molar-refractivity contribution in [1.82, 2.24) is 14.9 Å². The molecule has 2 atom stereocenters. The van der Waals surface area contributed by atoms with Gasteiger partial charge < -0.3 is 9.88 Å². The van der Waals surface area contributed by atoms with E-state index in [-0.39, 0.29) is 0 Å². The first-order valence-corrected chi connectivity index (χ1v) is 7.52. The fraction of sp³-hybridized carbons (Fsp3) is 0.733. The highest BCUT2D eigenvalue weighted by Crippen LogP contribution is 2.32. The first-order chi connectivity index (χ1) is 9.24. The number of carbonyl (C=O) groups is 1. The second kappa shape index (κ2) is 5.45. The number of piperidine rings is 1. The third-order valence-corrected chi connectivity index (χ3v) is 4.58. The number of hydrogen-bond acceptors (Lipinski definition) is 3. The molecular formula is C15H23N3O. The van der Waals surface area contributed by atoms with Gasteiger partial charge in [0.1, 0.15) is 11.6 Å². The van der Waals surface area contributed by atoms with Crippen molar-refractivity contribution in [2.75, 3.05) is 0 Å². The van der Waals surface area contributed by atoms with E-state index in [9.17, 15) is 4.79 Å². The SMILES string of the molecule is CCn1ccnc1CC(=O)CC1CC2CCC(C1)N2. The number of aromatic nitrogens is 2. The third-order valence-electron chi connectivity index (χ3n) is 4.58. The number of carbonyl (C=O) groups excluding carboxylic acids is 1. The van der Waals surface area contributed by atoms with E-state index in [2.05, 4.69) is 21.8 Å². The highest BCUT2D eigenvalue weighted by atomic mass is 16.1. The summed E-state index contributed by atoms with van der Waals surface area (Å²) in [6, 6.07) is 1.35. The maximum Gasteiger partial charge on any atom is 0.140 e. The molecule has 1 N–H and O–H groups in total. The molecule has 19 heavy (non-hydrogen) atoms. The van der Waals surface area contributed by atoms with Crippen LogP contribution >= 0.6 is 0 Å². The summed E-state index contributed by atoms with van der Waals surface area (Å²) in [5.41, 5.74) is 0. The second-order valence-electron chi connectivity index (χ2n) is 6.02. The van der Waals surface area contributed by atoms with Gasteiger partial charge in [0, 0.05) is 37.4 Å². The second-order valence-corrected chi connectivity index (χ2v) is 6.02. The zero-order valence-corrected chi connectivity index (χ0v) is 11.6. The summed E-state index contributed by atoms with van der Waals surface area (Å²) in [6.45, 7) is 2.97. The van der Waals surface area contributed by atoms with Crippen LogP contribution in [0.4, 0.5) is 0 Å². The number of ketones is 1. The van der Waals surface area contributed by atoms with Gasteiger partial charge in [0.2, 0.25) is 0 Å². The topological polar surface area (TPSA) is 46.9 Å². The van der Waals surface area contributed by atoms with Crippen LogP contribution in [-0.2, 0) is 17.8 Å². The Morgan fingerprint density at radius 1 is 1.42 bits per heavy atom. The minimum Gasteiger partial charge on any atom is -0.335 e. The lowest BCUT2D eigenvalue weighted by Crippen LogP contribution is -2.38. The summed E-state index contributed by atoms with van der Waals surface area (Å²) in [6.07, 6.45) is 9.95. The number of nitrogens with zero attached hydrogens (tertiary/aromatic N) is 2. The molecule has 2 saturated heterocycles. The molecule has 2 unspecified atom stereocenters. The Morgan fingerprint density at radius 3 is 2.84 bits per heavy atom. The Labute approximate surface area is 114 Å². The molecule has 0 saturated carbocycles. The molecular weight excluding hydrogens is 238 g/mol. The maximum atomic E-state index is 12.2. The van der Waals surface area contributed by atoms with Crippen molar-refractivity contribution in [2.24, 2.45) is 5.92 Å². The number of rotatable bonds is 5. The average molecular weight is 261 g/mol. The number of Topliss-reactive ketones (excluding diaryl/α,β-unsaturated/α-hetero) is 1. The van der Waals surface area contributed by atoms with Crippen LogP contribution < -0.4 is 5.32 Å². The van der Waals surface area contributed by atoms with Crippen LogP contribution in [0.3, 0.4) is 0 Å². The highest BCUT2D eigenvalue weighted by molar-refractivity contribution is 5.80. The van der Waals surface area contributed by atoms with Gasteiger partial charge in [0.25, 0.3) is 0 Å². The van der Waals surface area contributed by atoms with Crippen LogP contribution in [0, 0.1) is 5.92 Å². The monoisotopic (exact) mass is 261 g/mol. The van der Waals surface area contributed by atoms with E-state index in [0.717, 1.165) is 18.8 Å². The molecule has 0 amide bonds. The van der Waals surface area contributed by atoms with Crippen LogP contribution in [0.2, 0.25) is 0 Å². The lowest BCUT2D eigenvalue weighted by Gasteiger charge is -2.28. The fourth-order valence-corrected chi connectivity index (χ4v) is 3.71. The van der Waals surface area contributed by atoms with Crippen LogP contribution in [0.25, 0.3) is 0 Å². The van der Waals surface area contributed by atoms with Gasteiger partial charge in [-0.25, -0.2) is 4.98 Å². The largest absolute Gasteiger partial charge is 0.335 e. The van der Waals surface area contributed by atoms with Crippen molar-refractivity contribution < 1.29 is 4.79 Å². The van der Waals surface area contributed by atoms with Crippen molar-refractivity contribution in [2.45, 2.75) is 64.1 Å². The van der Waals surface area contributed by atoms with E-state index in [4.69, 9.17) is 0 Å². The standard InChI is InChI=1S/C15H23N3O/c1-2-18-6-5-16-15(18)10-14(19)9-11-7-12-3-4-13(8-11)17-12/h5-6,11-13,17H,2-4,7-10H2,1H3. The van der Waals surface area contributed by atoms with Gasteiger partial charge in [-0.3, -0.25) is 4.79 Å². The molecule has 104 valence electrons. The summed E-state index contributed by atoms with van der Waals surface area (Å²) in [5, 5.41) is 3.63. The molecule has 0 aromatic carbocycles. The van der Waals surface area contributed by atoms with Crippen LogP contribution in [0.15, 0.2) is 12.4 Å². The Kier molecular flexibility index (Phi) is 3.69. The molecule has 2 fully saturated rings. The van der Waals surface area contributed by atoms with Crippen LogP contribution in [0.1, 0.15) is 44.9 Å². The van der Waals surface area contributed by atoms with Crippen molar-refractivity contribution in [3.63, 3.8) is 0 Å². The van der Waals surface area contributed by atoms with Crippen molar-refractivity contribution in [3.05, 3.63) is 18.2 Å². The minimum atomic E-state index is 0.354. The zero-order valence-electron chi connectivity index (χ0n) is 11.6. The third kappa shape index (κ3) is 2.89. The number of nitrogens with one attached hydrogen (secondary N) is 1. The maximum absolute atomic E-state index is 12.2. The lowest BCUT2D eigenvalue weighted by molar-refractivity contribution is -0.119. The molecule has 0 radical (unpaired) electrons. The van der Waals surface area contributed by atoms with Gasteiger partial charge >= 0.3 is 0 Å². The van der Waals surface area contributed by atoms with Gasteiger partial charge in [0.15, 0.2) is 0 Å². The summed E-state index contributed by atoms with van der Waals surface area (Å²) in [7, 11) is 0. The van der Waals surface area contributed by atoms with Crippen LogP contribution in [0.5, 0.6) is 0 Å². The quantitative estimate of drug-likeness (QED) is 0.881. The van der Waals surface area contributed by atoms with Gasteiger partial charge in [-0.1, -0.05) is 0 Å². The Balaban J connectivity index is 1.54. The number of hydrogen-bond donors (Lipinski definition) is 1. The Bertz CT molecular complexity index is 442. The van der Waals surface area contributed by atoms with E-state index in [1.165, 1.54) is 25.7 Å². The van der Waals surface area contributed by atoms with Gasteiger partial charge in [-0.15, -0.1) is 0 Å². The number of imidazole rings is 1. The lowest BCUT2D eigenvalue weighted by atomic mass is 9.87. The van der Waals surface area contributed by atoms with E-state index in [1.54, 1.807) is 6.20 Å². The average Bonchev–Trinajstić information content (AvgIpc) is 2.96. The van der Waals surface area contributed by atoms with Gasteiger partial charge in [-0.2, -0.15) is 0 Å². The van der Waals surface area contributed by atoms with E-state index < -0.39 is 0 Å². The van der Waals surface area contributed by atoms with Gasteiger partial charge in [0.05, 0.1) is 6.42 Å². The Morgan fingerprint density at radius 2 is 2.16 bits per heavy atom. The molecule has 1 aromatic rings. The first-order valence-electron chi connectivity index (χ1n) is 7.52. The van der Waals surface area contributed by atoms with Crippen LogP contribution in [-0.4, -0.2) is 27.4 Å². The zero-order chi connectivity index (χ0) is 13.2. The van der Waals surface area contributed by atoms with Crippen molar-refractivity contribution >= 4 is 5.78 Å². The highest BCUT2D eigenvalue weighted by Gasteiger charge is 2.34. The van der Waals surface area contributed by atoms with E-state index in [0.29, 0.717) is 30.2 Å². The van der Waals surface area contributed by atoms with E-state index >= 15 is 0 Å². The predicted molar refractivity (Wildman–Crippen MR) is 73.9 cm³/mol. The number of fused-ring (bicyclic) bond motifs is 2. The summed E-state index contributed by atoms with van der Waals surface area (Å²) >= 11 is 0. The molecule has 3 rings (SSSR count). The molecule has 2 bridgehead atoms. The first kappa shape index (κ1) is 12.9. The van der Waals surface area contributed by atoms with Crippen molar-refractivity contribution in [1.29, 1.82) is 0 Å². The number of aryl methyl sites for hydroxylation is 1. The molecule has 4 heteroatoms. The fourth-order valence-electron chi connectivity index (χ4n) is 3.71. The predicted octanol–water partition coefficient (Wildman–Crippen LogP) is 1.94. The molecule has 0 spiro atoms. The molecule has 1 aromatic heterocycles. The molecule has 0 aliphatic carbocycles. The van der Waals surface area contributed by atoms with Crippen molar-refractivity contribution in [3.8, 4) is 0 Å². The summed E-state index contributed by atoms with van der Waals surface area (Å²) < 4.78 is 2.06. The normalized spacial score (nSPS) is 29.6. The molecule has 3 heterocycles.